The number of unbranched alkanes of at least 4 members (excludes halogenated alkanes) is 4. The maximum Gasteiger partial charge on any atom is 0.286 e. The zero-order valence-electron chi connectivity index (χ0n) is 16.9. The number of hydrogen-bond acceptors (Lipinski definition) is 3. The van der Waals surface area contributed by atoms with E-state index in [1.54, 1.807) is 0 Å². The van der Waals surface area contributed by atoms with Crippen molar-refractivity contribution in [3.63, 3.8) is 0 Å². The van der Waals surface area contributed by atoms with Crippen molar-refractivity contribution in [2.75, 3.05) is 19.8 Å². The Morgan fingerprint density at radius 1 is 0.750 bits per heavy atom. The molecule has 0 aliphatic carbocycles. The second kappa shape index (κ2) is 14.9. The smallest absolute Gasteiger partial charge is 0.286 e. The van der Waals surface area contributed by atoms with Gasteiger partial charge in [-0.2, -0.15) is 0 Å². The lowest BCUT2D eigenvalue weighted by Crippen LogP contribution is -2.49. The van der Waals surface area contributed by atoms with E-state index in [1.807, 2.05) is 20.8 Å². The van der Waals surface area contributed by atoms with Gasteiger partial charge in [-0.15, -0.1) is 6.58 Å². The maximum absolute atomic E-state index is 6.06. The highest BCUT2D eigenvalue weighted by molar-refractivity contribution is 4.89. The molecule has 0 aliphatic heterocycles. The minimum absolute atomic E-state index is 0.186. The predicted molar refractivity (Wildman–Crippen MR) is 103 cm³/mol. The lowest BCUT2D eigenvalue weighted by Gasteiger charge is -2.42. The molecule has 2 atom stereocenters. The van der Waals surface area contributed by atoms with Crippen LogP contribution in [0.4, 0.5) is 0 Å². The summed E-state index contributed by atoms with van der Waals surface area (Å²) >= 11 is 0. The fraction of sp³-hybridized carbons (Fsp3) is 0.905. The number of rotatable bonds is 17. The second-order valence-electron chi connectivity index (χ2n) is 6.40. The number of hydrogen-bond donors (Lipinski definition) is 0. The van der Waals surface area contributed by atoms with Gasteiger partial charge in [0.15, 0.2) is 0 Å². The van der Waals surface area contributed by atoms with Crippen LogP contribution in [0.3, 0.4) is 0 Å². The standard InChI is InChI=1S/C21H42O3/c1-7-13-14-15-16-18-19(9-3)20(17-8-2)21(22-10-4,23-11-5)24-12-6/h9,19-20H,3,7-8,10-18H2,1-2,4-6H3. The van der Waals surface area contributed by atoms with E-state index in [9.17, 15) is 0 Å². The average Bonchev–Trinajstić information content (AvgIpc) is 2.57. The molecule has 24 heavy (non-hydrogen) atoms. The molecule has 0 aromatic heterocycles. The molecular formula is C21H42O3. The molecule has 0 amide bonds. The summed E-state index contributed by atoms with van der Waals surface area (Å²) in [7, 11) is 0. The van der Waals surface area contributed by atoms with Gasteiger partial charge in [-0.3, -0.25) is 0 Å². The zero-order chi connectivity index (χ0) is 18.3. The fourth-order valence-electron chi connectivity index (χ4n) is 3.48. The summed E-state index contributed by atoms with van der Waals surface area (Å²) in [4.78, 5) is 0. The van der Waals surface area contributed by atoms with Gasteiger partial charge in [-0.25, -0.2) is 0 Å². The van der Waals surface area contributed by atoms with Gasteiger partial charge in [0.1, 0.15) is 0 Å². The van der Waals surface area contributed by atoms with Crippen molar-refractivity contribution in [2.24, 2.45) is 11.8 Å². The molecule has 0 heterocycles. The van der Waals surface area contributed by atoms with Crippen LogP contribution in [0.5, 0.6) is 0 Å². The minimum Gasteiger partial charge on any atom is -0.328 e. The summed E-state index contributed by atoms with van der Waals surface area (Å²) in [6, 6.07) is 0. The van der Waals surface area contributed by atoms with Gasteiger partial charge < -0.3 is 14.2 Å². The molecule has 0 radical (unpaired) electrons. The van der Waals surface area contributed by atoms with Crippen LogP contribution in [-0.2, 0) is 14.2 Å². The van der Waals surface area contributed by atoms with E-state index in [-0.39, 0.29) is 5.92 Å². The van der Waals surface area contributed by atoms with Gasteiger partial charge in [0.25, 0.3) is 5.97 Å². The molecule has 0 aromatic rings. The molecule has 0 saturated carbocycles. The van der Waals surface area contributed by atoms with Gasteiger partial charge >= 0.3 is 0 Å². The van der Waals surface area contributed by atoms with Crippen LogP contribution in [0, 0.1) is 11.8 Å². The third-order valence-electron chi connectivity index (χ3n) is 4.55. The Morgan fingerprint density at radius 2 is 1.29 bits per heavy atom. The van der Waals surface area contributed by atoms with Gasteiger partial charge in [0, 0.05) is 25.7 Å². The van der Waals surface area contributed by atoms with E-state index < -0.39 is 5.97 Å². The highest BCUT2D eigenvalue weighted by Crippen LogP contribution is 2.38. The largest absolute Gasteiger partial charge is 0.328 e. The summed E-state index contributed by atoms with van der Waals surface area (Å²) in [5.41, 5.74) is 0. The molecule has 0 spiro atoms. The molecule has 0 rings (SSSR count). The Balaban J connectivity index is 5.12. The predicted octanol–water partition coefficient (Wildman–Crippen LogP) is 6.33. The first-order chi connectivity index (χ1) is 11.7. The summed E-state index contributed by atoms with van der Waals surface area (Å²) < 4.78 is 18.2. The van der Waals surface area contributed by atoms with Gasteiger partial charge in [0.2, 0.25) is 0 Å². The van der Waals surface area contributed by atoms with Crippen molar-refractivity contribution < 1.29 is 14.2 Å². The number of allylic oxidation sites excluding steroid dienone is 1. The summed E-state index contributed by atoms with van der Waals surface area (Å²) in [6.45, 7) is 16.3. The van der Waals surface area contributed by atoms with E-state index in [1.165, 1.54) is 32.1 Å². The Bertz CT molecular complexity index is 274. The van der Waals surface area contributed by atoms with Crippen molar-refractivity contribution in [2.45, 2.75) is 92.0 Å². The van der Waals surface area contributed by atoms with Crippen LogP contribution in [0.15, 0.2) is 12.7 Å². The van der Waals surface area contributed by atoms with Gasteiger partial charge in [0.05, 0.1) is 0 Å². The lowest BCUT2D eigenvalue weighted by molar-refractivity contribution is -0.407. The molecule has 0 saturated heterocycles. The van der Waals surface area contributed by atoms with Crippen LogP contribution >= 0.6 is 0 Å². The first-order valence-electron chi connectivity index (χ1n) is 10.2. The van der Waals surface area contributed by atoms with Crippen LogP contribution < -0.4 is 0 Å². The Kier molecular flexibility index (Phi) is 14.7. The van der Waals surface area contributed by atoms with Crippen LogP contribution in [0.25, 0.3) is 0 Å². The van der Waals surface area contributed by atoms with E-state index in [2.05, 4.69) is 26.5 Å². The van der Waals surface area contributed by atoms with Crippen LogP contribution in [0.2, 0.25) is 0 Å². The molecule has 2 unspecified atom stereocenters. The third-order valence-corrected chi connectivity index (χ3v) is 4.55. The normalized spacial score (nSPS) is 14.5. The number of ether oxygens (including phenoxy) is 3. The van der Waals surface area contributed by atoms with Crippen molar-refractivity contribution in [3.8, 4) is 0 Å². The topological polar surface area (TPSA) is 27.7 Å². The first-order valence-corrected chi connectivity index (χ1v) is 10.2. The summed E-state index contributed by atoms with van der Waals surface area (Å²) in [6.07, 6.45) is 11.8. The van der Waals surface area contributed by atoms with E-state index in [0.29, 0.717) is 25.7 Å². The maximum atomic E-state index is 6.06. The van der Waals surface area contributed by atoms with Gasteiger partial charge in [-0.1, -0.05) is 58.4 Å². The Morgan fingerprint density at radius 3 is 1.71 bits per heavy atom. The van der Waals surface area contributed by atoms with Crippen LogP contribution in [0.1, 0.15) is 86.0 Å². The van der Waals surface area contributed by atoms with Crippen LogP contribution in [-0.4, -0.2) is 25.8 Å². The van der Waals surface area contributed by atoms with Gasteiger partial charge in [-0.05, 0) is 39.5 Å². The molecule has 0 aliphatic rings. The van der Waals surface area contributed by atoms with Crippen molar-refractivity contribution in [1.82, 2.24) is 0 Å². The highest BCUT2D eigenvalue weighted by Gasteiger charge is 2.44. The molecule has 3 nitrogen and oxygen atoms in total. The minimum atomic E-state index is -0.934. The first kappa shape index (κ1) is 23.6. The molecule has 0 bridgehead atoms. The molecule has 144 valence electrons. The lowest BCUT2D eigenvalue weighted by atomic mass is 9.82. The second-order valence-corrected chi connectivity index (χ2v) is 6.40. The summed E-state index contributed by atoms with van der Waals surface area (Å²) in [5.74, 6) is -0.390. The molecule has 3 heteroatoms. The summed E-state index contributed by atoms with van der Waals surface area (Å²) in [5, 5.41) is 0. The zero-order valence-corrected chi connectivity index (χ0v) is 16.9. The van der Waals surface area contributed by atoms with Crippen molar-refractivity contribution in [3.05, 3.63) is 12.7 Å². The molecular weight excluding hydrogens is 300 g/mol. The van der Waals surface area contributed by atoms with E-state index >= 15 is 0 Å². The SMILES string of the molecule is C=CC(CCCCCCC)C(CCC)C(OCC)(OCC)OCC. The van der Waals surface area contributed by atoms with E-state index in [4.69, 9.17) is 14.2 Å². The quantitative estimate of drug-likeness (QED) is 0.176. The Hall–Kier alpha value is -0.380. The fourth-order valence-corrected chi connectivity index (χ4v) is 3.48. The molecule has 0 aromatic carbocycles. The molecule has 0 fully saturated rings. The third kappa shape index (κ3) is 8.13. The average molecular weight is 343 g/mol. The van der Waals surface area contributed by atoms with Crippen molar-refractivity contribution >= 4 is 0 Å². The van der Waals surface area contributed by atoms with Crippen molar-refractivity contribution in [1.29, 1.82) is 0 Å². The molecule has 0 N–H and O–H groups in total. The monoisotopic (exact) mass is 342 g/mol. The van der Waals surface area contributed by atoms with E-state index in [0.717, 1.165) is 19.3 Å². The Labute approximate surface area is 151 Å². The highest BCUT2D eigenvalue weighted by atomic mass is 16.9.